The highest BCUT2D eigenvalue weighted by molar-refractivity contribution is 5.66. The maximum Gasteiger partial charge on any atom is 0.303 e. The molecule has 0 spiro atoms. The van der Waals surface area contributed by atoms with E-state index in [0.717, 1.165) is 32.3 Å². The average molecular weight is 186 g/mol. The summed E-state index contributed by atoms with van der Waals surface area (Å²) in [7, 11) is 0. The third-order valence-electron chi connectivity index (χ3n) is 2.74. The number of carbonyl (C=O) groups is 1. The minimum absolute atomic E-state index is 0.276. The number of hydrogen-bond acceptors (Lipinski definition) is 2. The van der Waals surface area contributed by atoms with Crippen LogP contribution in [0.15, 0.2) is 0 Å². The van der Waals surface area contributed by atoms with Crippen molar-refractivity contribution >= 4 is 5.97 Å². The van der Waals surface area contributed by atoms with Crippen molar-refractivity contribution in [1.29, 1.82) is 0 Å². The molecule has 3 heteroatoms. The number of ether oxygens (including phenoxy) is 1. The lowest BCUT2D eigenvalue weighted by Crippen LogP contribution is -2.19. The van der Waals surface area contributed by atoms with E-state index in [-0.39, 0.29) is 6.42 Å². The van der Waals surface area contributed by atoms with Crippen LogP contribution < -0.4 is 0 Å². The first kappa shape index (κ1) is 10.5. The molecule has 76 valence electrons. The standard InChI is InChI=1S/C10H18O3/c1-2-8(5-6-10(11)12)9-4-3-7-13-9/h8-9H,2-7H2,1H3,(H,11,12). The molecule has 3 nitrogen and oxygen atoms in total. The Bertz CT molecular complexity index is 162. The van der Waals surface area contributed by atoms with Gasteiger partial charge in [-0.1, -0.05) is 13.3 Å². The van der Waals surface area contributed by atoms with Crippen molar-refractivity contribution in [3.05, 3.63) is 0 Å². The summed E-state index contributed by atoms with van der Waals surface area (Å²) in [5.74, 6) is -0.255. The maximum absolute atomic E-state index is 10.4. The second-order valence-electron chi connectivity index (χ2n) is 3.65. The van der Waals surface area contributed by atoms with Crippen LogP contribution in [0.25, 0.3) is 0 Å². The van der Waals surface area contributed by atoms with Crippen molar-refractivity contribution < 1.29 is 14.6 Å². The maximum atomic E-state index is 10.4. The van der Waals surface area contributed by atoms with Gasteiger partial charge in [-0.05, 0) is 25.2 Å². The van der Waals surface area contributed by atoms with Gasteiger partial charge in [-0.3, -0.25) is 4.79 Å². The summed E-state index contributed by atoms with van der Waals surface area (Å²) in [6.07, 6.45) is 4.63. The summed E-state index contributed by atoms with van der Waals surface area (Å²) in [5.41, 5.74) is 0. The van der Waals surface area contributed by atoms with Gasteiger partial charge in [0.15, 0.2) is 0 Å². The Morgan fingerprint density at radius 3 is 2.92 bits per heavy atom. The normalized spacial score (nSPS) is 24.5. The first-order valence-electron chi connectivity index (χ1n) is 5.07. The molecule has 1 aliphatic heterocycles. The predicted octanol–water partition coefficient (Wildman–Crippen LogP) is 2.06. The Kier molecular flexibility index (Phi) is 4.22. The second kappa shape index (κ2) is 5.22. The minimum atomic E-state index is -0.698. The Morgan fingerprint density at radius 2 is 2.46 bits per heavy atom. The van der Waals surface area contributed by atoms with Gasteiger partial charge >= 0.3 is 5.97 Å². The smallest absolute Gasteiger partial charge is 0.303 e. The van der Waals surface area contributed by atoms with Crippen LogP contribution in [0, 0.1) is 5.92 Å². The van der Waals surface area contributed by atoms with Gasteiger partial charge in [-0.25, -0.2) is 0 Å². The SMILES string of the molecule is CCC(CCC(=O)O)C1CCCO1. The summed E-state index contributed by atoms with van der Waals surface area (Å²) in [5, 5.41) is 8.56. The molecule has 0 aromatic carbocycles. The van der Waals surface area contributed by atoms with E-state index in [2.05, 4.69) is 6.92 Å². The van der Waals surface area contributed by atoms with Crippen molar-refractivity contribution in [2.75, 3.05) is 6.61 Å². The van der Waals surface area contributed by atoms with E-state index >= 15 is 0 Å². The lowest BCUT2D eigenvalue weighted by atomic mass is 9.92. The van der Waals surface area contributed by atoms with Crippen molar-refractivity contribution in [2.24, 2.45) is 5.92 Å². The van der Waals surface area contributed by atoms with Crippen LogP contribution in [0.2, 0.25) is 0 Å². The molecular formula is C10H18O3. The zero-order valence-corrected chi connectivity index (χ0v) is 8.16. The minimum Gasteiger partial charge on any atom is -0.481 e. The molecule has 2 atom stereocenters. The lowest BCUT2D eigenvalue weighted by Gasteiger charge is -2.20. The van der Waals surface area contributed by atoms with Crippen LogP contribution in [-0.4, -0.2) is 23.8 Å². The van der Waals surface area contributed by atoms with E-state index < -0.39 is 5.97 Å². The summed E-state index contributed by atoms with van der Waals surface area (Å²) in [4.78, 5) is 10.4. The van der Waals surface area contributed by atoms with Crippen molar-refractivity contribution in [3.63, 3.8) is 0 Å². The average Bonchev–Trinajstić information content (AvgIpc) is 2.58. The van der Waals surface area contributed by atoms with Crippen LogP contribution >= 0.6 is 0 Å². The number of aliphatic carboxylic acids is 1. The number of rotatable bonds is 5. The monoisotopic (exact) mass is 186 g/mol. The van der Waals surface area contributed by atoms with E-state index in [1.54, 1.807) is 0 Å². The van der Waals surface area contributed by atoms with Crippen molar-refractivity contribution in [1.82, 2.24) is 0 Å². The Balaban J connectivity index is 2.28. The summed E-state index contributed by atoms with van der Waals surface area (Å²) < 4.78 is 5.55. The van der Waals surface area contributed by atoms with E-state index in [1.807, 2.05) is 0 Å². The highest BCUT2D eigenvalue weighted by Crippen LogP contribution is 2.26. The first-order valence-corrected chi connectivity index (χ1v) is 5.07. The third-order valence-corrected chi connectivity index (χ3v) is 2.74. The molecule has 1 N–H and O–H groups in total. The quantitative estimate of drug-likeness (QED) is 0.714. The van der Waals surface area contributed by atoms with Crippen LogP contribution in [0.5, 0.6) is 0 Å². The Morgan fingerprint density at radius 1 is 1.69 bits per heavy atom. The van der Waals surface area contributed by atoms with Crippen LogP contribution in [0.4, 0.5) is 0 Å². The lowest BCUT2D eigenvalue weighted by molar-refractivity contribution is -0.137. The molecule has 0 amide bonds. The fourth-order valence-corrected chi connectivity index (χ4v) is 1.94. The van der Waals surface area contributed by atoms with E-state index in [0.29, 0.717) is 12.0 Å². The van der Waals surface area contributed by atoms with E-state index in [1.165, 1.54) is 0 Å². The molecular weight excluding hydrogens is 168 g/mol. The summed E-state index contributed by atoms with van der Waals surface area (Å²) in [6, 6.07) is 0. The fraction of sp³-hybridized carbons (Fsp3) is 0.900. The molecule has 0 aromatic heterocycles. The van der Waals surface area contributed by atoms with Gasteiger partial charge in [-0.15, -0.1) is 0 Å². The Labute approximate surface area is 79.1 Å². The highest BCUT2D eigenvalue weighted by Gasteiger charge is 2.24. The van der Waals surface area contributed by atoms with E-state index in [4.69, 9.17) is 9.84 Å². The third kappa shape index (κ3) is 3.35. The highest BCUT2D eigenvalue weighted by atomic mass is 16.5. The zero-order valence-electron chi connectivity index (χ0n) is 8.16. The number of hydrogen-bond donors (Lipinski definition) is 1. The molecule has 0 aliphatic carbocycles. The molecule has 1 saturated heterocycles. The molecule has 2 unspecified atom stereocenters. The van der Waals surface area contributed by atoms with Gasteiger partial charge in [0.1, 0.15) is 0 Å². The number of carboxylic acid groups (broad SMARTS) is 1. The predicted molar refractivity (Wildman–Crippen MR) is 49.6 cm³/mol. The molecule has 1 fully saturated rings. The van der Waals surface area contributed by atoms with E-state index in [9.17, 15) is 4.79 Å². The summed E-state index contributed by atoms with van der Waals surface area (Å²) >= 11 is 0. The molecule has 0 saturated carbocycles. The number of carboxylic acids is 1. The molecule has 1 aliphatic rings. The van der Waals surface area contributed by atoms with Crippen LogP contribution in [0.3, 0.4) is 0 Å². The van der Waals surface area contributed by atoms with Gasteiger partial charge in [0.05, 0.1) is 6.10 Å². The topological polar surface area (TPSA) is 46.5 Å². The van der Waals surface area contributed by atoms with Crippen molar-refractivity contribution in [3.8, 4) is 0 Å². The Hall–Kier alpha value is -0.570. The van der Waals surface area contributed by atoms with Gasteiger partial charge in [-0.2, -0.15) is 0 Å². The van der Waals surface area contributed by atoms with Gasteiger partial charge in [0, 0.05) is 13.0 Å². The second-order valence-corrected chi connectivity index (χ2v) is 3.65. The largest absolute Gasteiger partial charge is 0.481 e. The molecule has 13 heavy (non-hydrogen) atoms. The molecule has 0 radical (unpaired) electrons. The molecule has 1 heterocycles. The van der Waals surface area contributed by atoms with Crippen LogP contribution in [0.1, 0.15) is 39.0 Å². The fourth-order valence-electron chi connectivity index (χ4n) is 1.94. The van der Waals surface area contributed by atoms with Crippen molar-refractivity contribution in [2.45, 2.75) is 45.1 Å². The molecule has 0 aromatic rings. The first-order chi connectivity index (χ1) is 6.24. The zero-order chi connectivity index (χ0) is 9.68. The van der Waals surface area contributed by atoms with Gasteiger partial charge in [0.25, 0.3) is 0 Å². The van der Waals surface area contributed by atoms with Gasteiger partial charge < -0.3 is 9.84 Å². The van der Waals surface area contributed by atoms with Crippen LogP contribution in [-0.2, 0) is 9.53 Å². The van der Waals surface area contributed by atoms with Gasteiger partial charge in [0.2, 0.25) is 0 Å². The molecule has 0 bridgehead atoms. The molecule has 1 rings (SSSR count). The summed E-state index contributed by atoms with van der Waals surface area (Å²) in [6.45, 7) is 2.96.